The van der Waals surface area contributed by atoms with Gasteiger partial charge in [-0.3, -0.25) is 10.1 Å². The van der Waals surface area contributed by atoms with Crippen molar-refractivity contribution in [1.82, 2.24) is 14.8 Å². The number of hydrogen-bond donors (Lipinski definition) is 1. The van der Waals surface area contributed by atoms with E-state index in [1.807, 2.05) is 9.80 Å². The molecular formula is C16H23ClN4O2S. The highest BCUT2D eigenvalue weighted by Crippen LogP contribution is 2.30. The van der Waals surface area contributed by atoms with E-state index in [9.17, 15) is 9.59 Å². The van der Waals surface area contributed by atoms with E-state index in [2.05, 4.69) is 10.3 Å². The lowest BCUT2D eigenvalue weighted by Crippen LogP contribution is -2.53. The second-order valence-corrected chi connectivity index (χ2v) is 8.14. The highest BCUT2D eigenvalue weighted by Gasteiger charge is 2.35. The Labute approximate surface area is 151 Å². The van der Waals surface area contributed by atoms with Crippen LogP contribution in [0.5, 0.6) is 0 Å². The molecule has 0 aromatic carbocycles. The van der Waals surface area contributed by atoms with Gasteiger partial charge in [-0.2, -0.15) is 0 Å². The molecule has 3 amide bonds. The van der Waals surface area contributed by atoms with Crippen LogP contribution in [0.3, 0.4) is 0 Å². The quantitative estimate of drug-likeness (QED) is 0.884. The first-order valence-electron chi connectivity index (χ1n) is 8.51. The van der Waals surface area contributed by atoms with E-state index in [4.69, 9.17) is 11.6 Å². The van der Waals surface area contributed by atoms with Crippen LogP contribution in [0.15, 0.2) is 6.20 Å². The molecule has 24 heavy (non-hydrogen) atoms. The van der Waals surface area contributed by atoms with E-state index in [-0.39, 0.29) is 24.0 Å². The van der Waals surface area contributed by atoms with Crippen molar-refractivity contribution in [2.45, 2.75) is 57.5 Å². The first kappa shape index (κ1) is 17.5. The predicted octanol–water partition coefficient (Wildman–Crippen LogP) is 3.58. The SMILES string of the molecule is CC(=O)N1CCC(N(C(=O)Nc2ncc(Cl)s2)C2CCCC2)CC1. The predicted molar refractivity (Wildman–Crippen MR) is 95.5 cm³/mol. The molecule has 1 aromatic rings. The number of anilines is 1. The maximum absolute atomic E-state index is 12.9. The Hall–Kier alpha value is -1.34. The lowest BCUT2D eigenvalue weighted by Gasteiger charge is -2.41. The third-order valence-corrected chi connectivity index (χ3v) is 5.98. The van der Waals surface area contributed by atoms with Gasteiger partial charge in [-0.25, -0.2) is 9.78 Å². The van der Waals surface area contributed by atoms with Gasteiger partial charge in [-0.05, 0) is 25.7 Å². The Morgan fingerprint density at radius 3 is 2.42 bits per heavy atom. The molecular weight excluding hydrogens is 348 g/mol. The molecule has 8 heteroatoms. The number of nitrogens with one attached hydrogen (secondary N) is 1. The number of likely N-dealkylation sites (tertiary alicyclic amines) is 1. The van der Waals surface area contributed by atoms with Crippen LogP contribution in [-0.2, 0) is 4.79 Å². The smallest absolute Gasteiger partial charge is 0.324 e. The molecule has 1 aromatic heterocycles. The number of aromatic nitrogens is 1. The van der Waals surface area contributed by atoms with E-state index in [0.29, 0.717) is 9.47 Å². The highest BCUT2D eigenvalue weighted by atomic mass is 35.5. The summed E-state index contributed by atoms with van der Waals surface area (Å²) in [6.07, 6.45) is 7.67. The molecule has 1 saturated carbocycles. The number of piperidine rings is 1. The van der Waals surface area contributed by atoms with Crippen molar-refractivity contribution in [1.29, 1.82) is 0 Å². The minimum atomic E-state index is -0.0887. The number of urea groups is 1. The van der Waals surface area contributed by atoms with Gasteiger partial charge in [0.2, 0.25) is 5.91 Å². The Morgan fingerprint density at radius 2 is 1.88 bits per heavy atom. The van der Waals surface area contributed by atoms with E-state index >= 15 is 0 Å². The zero-order valence-corrected chi connectivity index (χ0v) is 15.4. The Kier molecular flexibility index (Phi) is 5.61. The van der Waals surface area contributed by atoms with Crippen LogP contribution < -0.4 is 5.32 Å². The van der Waals surface area contributed by atoms with Gasteiger partial charge in [0.15, 0.2) is 5.13 Å². The fourth-order valence-electron chi connectivity index (χ4n) is 3.74. The molecule has 1 aliphatic carbocycles. The minimum absolute atomic E-state index is 0.0887. The fourth-order valence-corrected chi connectivity index (χ4v) is 4.54. The molecule has 6 nitrogen and oxygen atoms in total. The molecule has 2 fully saturated rings. The zero-order valence-electron chi connectivity index (χ0n) is 13.8. The van der Waals surface area contributed by atoms with Crippen LogP contribution in [0.4, 0.5) is 9.93 Å². The summed E-state index contributed by atoms with van der Waals surface area (Å²) in [6, 6.07) is 0.377. The van der Waals surface area contributed by atoms with E-state index < -0.39 is 0 Å². The summed E-state index contributed by atoms with van der Waals surface area (Å²) < 4.78 is 0.562. The van der Waals surface area contributed by atoms with Crippen LogP contribution in [-0.4, -0.2) is 51.9 Å². The number of amides is 3. The number of carbonyl (C=O) groups excluding carboxylic acids is 2. The Morgan fingerprint density at radius 1 is 1.25 bits per heavy atom. The summed E-state index contributed by atoms with van der Waals surface area (Å²) in [5, 5.41) is 3.44. The Bertz CT molecular complexity index is 595. The molecule has 3 rings (SSSR count). The normalized spacial score (nSPS) is 19.5. The molecule has 0 spiro atoms. The maximum atomic E-state index is 12.9. The molecule has 1 N–H and O–H groups in total. The van der Waals surface area contributed by atoms with Crippen molar-refractivity contribution >= 4 is 40.0 Å². The maximum Gasteiger partial charge on any atom is 0.324 e. The standard InChI is InChI=1S/C16H23ClN4O2S/c1-11(22)20-8-6-13(7-9-20)21(12-4-2-3-5-12)16(23)19-15-18-10-14(17)24-15/h10,12-13H,2-9H2,1H3,(H,18,19,23). The van der Waals surface area contributed by atoms with E-state index in [1.54, 1.807) is 13.1 Å². The van der Waals surface area contributed by atoms with Gasteiger partial charge >= 0.3 is 6.03 Å². The van der Waals surface area contributed by atoms with Crippen molar-refractivity contribution < 1.29 is 9.59 Å². The van der Waals surface area contributed by atoms with Crippen molar-refractivity contribution in [3.63, 3.8) is 0 Å². The number of carbonyl (C=O) groups is 2. The molecule has 0 radical (unpaired) electrons. The summed E-state index contributed by atoms with van der Waals surface area (Å²) in [5.74, 6) is 0.114. The van der Waals surface area contributed by atoms with Crippen molar-refractivity contribution in [2.24, 2.45) is 0 Å². The van der Waals surface area contributed by atoms with Crippen LogP contribution >= 0.6 is 22.9 Å². The summed E-state index contributed by atoms with van der Waals surface area (Å²) in [5.41, 5.74) is 0. The molecule has 1 saturated heterocycles. The molecule has 1 aliphatic heterocycles. The monoisotopic (exact) mass is 370 g/mol. The topological polar surface area (TPSA) is 65.5 Å². The van der Waals surface area contributed by atoms with Gasteiger partial charge in [0.1, 0.15) is 4.34 Å². The highest BCUT2D eigenvalue weighted by molar-refractivity contribution is 7.19. The molecule has 0 atom stereocenters. The second-order valence-electron chi connectivity index (χ2n) is 6.48. The number of hydrogen-bond acceptors (Lipinski definition) is 4. The average Bonchev–Trinajstić information content (AvgIpc) is 3.20. The third kappa shape index (κ3) is 4.00. The molecule has 0 bridgehead atoms. The fraction of sp³-hybridized carbons (Fsp3) is 0.688. The van der Waals surface area contributed by atoms with Gasteiger partial charge in [-0.15, -0.1) is 0 Å². The largest absolute Gasteiger partial charge is 0.343 e. The third-order valence-electron chi connectivity index (χ3n) is 4.95. The van der Waals surface area contributed by atoms with Crippen LogP contribution in [0.1, 0.15) is 45.4 Å². The molecule has 2 heterocycles. The summed E-state index contributed by atoms with van der Waals surface area (Å²) in [6.45, 7) is 3.05. The minimum Gasteiger partial charge on any atom is -0.343 e. The number of halogens is 1. The number of thiazole rings is 1. The van der Waals surface area contributed by atoms with Gasteiger partial charge < -0.3 is 9.80 Å². The number of nitrogens with zero attached hydrogens (tertiary/aromatic N) is 3. The van der Waals surface area contributed by atoms with Crippen molar-refractivity contribution in [3.8, 4) is 0 Å². The first-order chi connectivity index (χ1) is 11.5. The van der Waals surface area contributed by atoms with Crippen LogP contribution in [0.2, 0.25) is 4.34 Å². The van der Waals surface area contributed by atoms with E-state index in [0.717, 1.165) is 38.8 Å². The molecule has 0 unspecified atom stereocenters. The summed E-state index contributed by atoms with van der Waals surface area (Å²) in [4.78, 5) is 32.4. The lowest BCUT2D eigenvalue weighted by molar-refractivity contribution is -0.130. The van der Waals surface area contributed by atoms with Crippen LogP contribution in [0, 0.1) is 0 Å². The lowest BCUT2D eigenvalue weighted by atomic mass is 10.0. The van der Waals surface area contributed by atoms with Crippen molar-refractivity contribution in [3.05, 3.63) is 10.5 Å². The second kappa shape index (κ2) is 7.70. The molecule has 132 valence electrons. The zero-order chi connectivity index (χ0) is 17.1. The summed E-state index contributed by atoms with van der Waals surface area (Å²) in [7, 11) is 0. The summed E-state index contributed by atoms with van der Waals surface area (Å²) >= 11 is 7.17. The molecule has 2 aliphatic rings. The average molecular weight is 371 g/mol. The van der Waals surface area contributed by atoms with Crippen molar-refractivity contribution in [2.75, 3.05) is 18.4 Å². The van der Waals surface area contributed by atoms with Gasteiger partial charge in [0.05, 0.1) is 6.20 Å². The number of rotatable bonds is 3. The van der Waals surface area contributed by atoms with E-state index in [1.165, 1.54) is 24.2 Å². The van der Waals surface area contributed by atoms with Gasteiger partial charge in [-0.1, -0.05) is 35.8 Å². The van der Waals surface area contributed by atoms with Gasteiger partial charge in [0.25, 0.3) is 0 Å². The van der Waals surface area contributed by atoms with Crippen LogP contribution in [0.25, 0.3) is 0 Å². The first-order valence-corrected chi connectivity index (χ1v) is 9.70. The van der Waals surface area contributed by atoms with Gasteiger partial charge in [0, 0.05) is 32.1 Å². The Balaban J connectivity index is 1.69.